The molecular formula is C11H7Cl3N2. The van der Waals surface area contributed by atoms with Crippen LogP contribution < -0.4 is 0 Å². The van der Waals surface area contributed by atoms with Crippen LogP contribution in [-0.4, -0.2) is 9.97 Å². The number of nitrogens with zero attached hydrogens (tertiary/aromatic N) is 2. The molecule has 5 heteroatoms. The van der Waals surface area contributed by atoms with E-state index in [0.717, 1.165) is 11.1 Å². The summed E-state index contributed by atoms with van der Waals surface area (Å²) in [6.07, 6.45) is 3.37. The lowest BCUT2D eigenvalue weighted by atomic mass is 10.1. The van der Waals surface area contributed by atoms with Gasteiger partial charge in [0.05, 0.1) is 15.9 Å². The van der Waals surface area contributed by atoms with Gasteiger partial charge in [0, 0.05) is 23.5 Å². The maximum absolute atomic E-state index is 6.09. The minimum absolute atomic E-state index is 0.295. The predicted molar refractivity (Wildman–Crippen MR) is 67.0 cm³/mol. The SMILES string of the molecule is ClCc1ncc(-c2cccc(Cl)c2Cl)cn1. The van der Waals surface area contributed by atoms with Crippen LogP contribution in [0.5, 0.6) is 0 Å². The first kappa shape index (κ1) is 11.6. The van der Waals surface area contributed by atoms with Crippen molar-refractivity contribution in [2.75, 3.05) is 0 Å². The Bertz CT molecular complexity index is 497. The third kappa shape index (κ3) is 2.29. The van der Waals surface area contributed by atoms with Crippen molar-refractivity contribution in [1.82, 2.24) is 9.97 Å². The highest BCUT2D eigenvalue weighted by Gasteiger charge is 2.07. The summed E-state index contributed by atoms with van der Waals surface area (Å²) in [6, 6.07) is 5.44. The predicted octanol–water partition coefficient (Wildman–Crippen LogP) is 4.19. The van der Waals surface area contributed by atoms with Gasteiger partial charge in [0.15, 0.2) is 0 Å². The molecule has 2 nitrogen and oxygen atoms in total. The number of hydrogen-bond acceptors (Lipinski definition) is 2. The number of halogens is 3. The first-order valence-corrected chi connectivity index (χ1v) is 5.82. The van der Waals surface area contributed by atoms with Gasteiger partial charge in [-0.3, -0.25) is 0 Å². The standard InChI is InChI=1S/C11H7Cl3N2/c12-4-10-15-5-7(6-16-10)8-2-1-3-9(13)11(8)14/h1-3,5-6H,4H2. The zero-order valence-electron chi connectivity index (χ0n) is 8.12. The molecule has 0 N–H and O–H groups in total. The third-order valence-corrected chi connectivity index (χ3v) is 3.15. The first-order chi connectivity index (χ1) is 7.72. The van der Waals surface area contributed by atoms with E-state index >= 15 is 0 Å². The molecular weight excluding hydrogens is 266 g/mol. The quantitative estimate of drug-likeness (QED) is 0.767. The zero-order chi connectivity index (χ0) is 11.5. The summed E-state index contributed by atoms with van der Waals surface area (Å²) in [7, 11) is 0. The number of benzene rings is 1. The minimum atomic E-state index is 0.295. The fourth-order valence-electron chi connectivity index (χ4n) is 1.29. The van der Waals surface area contributed by atoms with E-state index in [4.69, 9.17) is 34.8 Å². The van der Waals surface area contributed by atoms with Crippen LogP contribution in [0.15, 0.2) is 30.6 Å². The molecule has 0 spiro atoms. The van der Waals surface area contributed by atoms with Gasteiger partial charge >= 0.3 is 0 Å². The molecule has 0 saturated carbocycles. The number of rotatable bonds is 2. The van der Waals surface area contributed by atoms with E-state index in [9.17, 15) is 0 Å². The molecule has 0 atom stereocenters. The Balaban J connectivity index is 2.46. The van der Waals surface area contributed by atoms with Crippen LogP contribution in [0.4, 0.5) is 0 Å². The molecule has 0 aliphatic rings. The van der Waals surface area contributed by atoms with Crippen LogP contribution in [0.1, 0.15) is 5.82 Å². The lowest BCUT2D eigenvalue weighted by Gasteiger charge is -2.05. The molecule has 0 unspecified atom stereocenters. The number of aromatic nitrogens is 2. The lowest BCUT2D eigenvalue weighted by molar-refractivity contribution is 1.03. The molecule has 0 amide bonds. The van der Waals surface area contributed by atoms with Crippen molar-refractivity contribution in [3.05, 3.63) is 46.5 Å². The van der Waals surface area contributed by atoms with E-state index in [-0.39, 0.29) is 0 Å². The fraction of sp³-hybridized carbons (Fsp3) is 0.0909. The Morgan fingerprint density at radius 3 is 2.38 bits per heavy atom. The summed E-state index contributed by atoms with van der Waals surface area (Å²) in [4.78, 5) is 8.20. The van der Waals surface area contributed by atoms with Crippen molar-refractivity contribution in [3.8, 4) is 11.1 Å². The van der Waals surface area contributed by atoms with Crippen molar-refractivity contribution in [2.24, 2.45) is 0 Å². The zero-order valence-corrected chi connectivity index (χ0v) is 10.4. The highest BCUT2D eigenvalue weighted by molar-refractivity contribution is 6.43. The molecule has 2 aromatic rings. The smallest absolute Gasteiger partial charge is 0.142 e. The molecule has 0 aliphatic heterocycles. The van der Waals surface area contributed by atoms with Gasteiger partial charge in [0.25, 0.3) is 0 Å². The molecule has 0 fully saturated rings. The maximum Gasteiger partial charge on any atom is 0.142 e. The van der Waals surface area contributed by atoms with Crippen LogP contribution in [0.2, 0.25) is 10.0 Å². The Labute approximate surface area is 108 Å². The Morgan fingerprint density at radius 2 is 1.75 bits per heavy atom. The summed E-state index contributed by atoms with van der Waals surface area (Å²) >= 11 is 17.6. The van der Waals surface area contributed by atoms with Gasteiger partial charge < -0.3 is 0 Å². The number of hydrogen-bond donors (Lipinski definition) is 0. The first-order valence-electron chi connectivity index (χ1n) is 4.53. The van der Waals surface area contributed by atoms with Crippen LogP contribution in [0.25, 0.3) is 11.1 Å². The van der Waals surface area contributed by atoms with Crippen molar-refractivity contribution in [1.29, 1.82) is 0 Å². The molecule has 16 heavy (non-hydrogen) atoms. The maximum atomic E-state index is 6.09. The van der Waals surface area contributed by atoms with E-state index in [2.05, 4.69) is 9.97 Å². The summed E-state index contributed by atoms with van der Waals surface area (Å²) in [5, 5.41) is 1.02. The van der Waals surface area contributed by atoms with Gasteiger partial charge in [-0.05, 0) is 6.07 Å². The van der Waals surface area contributed by atoms with Crippen molar-refractivity contribution in [2.45, 2.75) is 5.88 Å². The average Bonchev–Trinajstić information content (AvgIpc) is 2.33. The van der Waals surface area contributed by atoms with E-state index in [1.165, 1.54) is 0 Å². The second kappa shape index (κ2) is 5.00. The van der Waals surface area contributed by atoms with Gasteiger partial charge in [-0.1, -0.05) is 35.3 Å². The lowest BCUT2D eigenvalue weighted by Crippen LogP contribution is -1.91. The third-order valence-electron chi connectivity index (χ3n) is 2.09. The van der Waals surface area contributed by atoms with Gasteiger partial charge in [0.1, 0.15) is 5.82 Å². The molecule has 0 saturated heterocycles. The minimum Gasteiger partial charge on any atom is -0.239 e. The van der Waals surface area contributed by atoms with E-state index < -0.39 is 0 Å². The fourth-order valence-corrected chi connectivity index (χ4v) is 1.84. The molecule has 82 valence electrons. The Morgan fingerprint density at radius 1 is 1.06 bits per heavy atom. The second-order valence-electron chi connectivity index (χ2n) is 3.12. The highest BCUT2D eigenvalue weighted by atomic mass is 35.5. The average molecular weight is 274 g/mol. The van der Waals surface area contributed by atoms with Gasteiger partial charge in [0.2, 0.25) is 0 Å². The topological polar surface area (TPSA) is 25.8 Å². The molecule has 0 radical (unpaired) electrons. The molecule has 1 aromatic carbocycles. The van der Waals surface area contributed by atoms with Crippen LogP contribution in [-0.2, 0) is 5.88 Å². The monoisotopic (exact) mass is 272 g/mol. The van der Waals surface area contributed by atoms with Crippen LogP contribution in [0.3, 0.4) is 0 Å². The van der Waals surface area contributed by atoms with Gasteiger partial charge in [-0.2, -0.15) is 0 Å². The molecule has 1 heterocycles. The Kier molecular flexibility index (Phi) is 3.64. The summed E-state index contributed by atoms with van der Waals surface area (Å²) in [5.41, 5.74) is 1.64. The normalized spacial score (nSPS) is 10.4. The van der Waals surface area contributed by atoms with Crippen molar-refractivity contribution < 1.29 is 0 Å². The highest BCUT2D eigenvalue weighted by Crippen LogP contribution is 2.32. The summed E-state index contributed by atoms with van der Waals surface area (Å²) in [5.74, 6) is 0.882. The molecule has 0 aliphatic carbocycles. The van der Waals surface area contributed by atoms with E-state index in [0.29, 0.717) is 21.7 Å². The summed E-state index contributed by atoms with van der Waals surface area (Å²) in [6.45, 7) is 0. The van der Waals surface area contributed by atoms with Crippen molar-refractivity contribution in [3.63, 3.8) is 0 Å². The van der Waals surface area contributed by atoms with Crippen LogP contribution in [0, 0.1) is 0 Å². The molecule has 1 aromatic heterocycles. The second-order valence-corrected chi connectivity index (χ2v) is 4.18. The summed E-state index contributed by atoms with van der Waals surface area (Å²) < 4.78 is 0. The Hall–Kier alpha value is -0.830. The molecule has 2 rings (SSSR count). The van der Waals surface area contributed by atoms with E-state index in [1.807, 2.05) is 12.1 Å². The molecule has 0 bridgehead atoms. The van der Waals surface area contributed by atoms with Crippen LogP contribution >= 0.6 is 34.8 Å². The van der Waals surface area contributed by atoms with Gasteiger partial charge in [-0.15, -0.1) is 11.6 Å². The van der Waals surface area contributed by atoms with E-state index in [1.54, 1.807) is 18.5 Å². The van der Waals surface area contributed by atoms with Crippen molar-refractivity contribution >= 4 is 34.8 Å². The number of alkyl halides is 1. The van der Waals surface area contributed by atoms with Gasteiger partial charge in [-0.25, -0.2) is 9.97 Å². The largest absolute Gasteiger partial charge is 0.239 e.